The van der Waals surface area contributed by atoms with Gasteiger partial charge in [-0.1, -0.05) is 19.1 Å². The van der Waals surface area contributed by atoms with Crippen LogP contribution in [0.1, 0.15) is 61.9 Å². The Balaban J connectivity index is 1.31. The Morgan fingerprint density at radius 3 is 2.49 bits per heavy atom. The average Bonchev–Trinajstić information content (AvgIpc) is 3.74. The summed E-state index contributed by atoms with van der Waals surface area (Å²) in [5.74, 6) is 0.906. The Bertz CT molecular complexity index is 1780. The normalized spacial score (nSPS) is 20.3. The van der Waals surface area contributed by atoms with Gasteiger partial charge in [-0.25, -0.2) is 15.0 Å². The van der Waals surface area contributed by atoms with Gasteiger partial charge in [-0.3, -0.25) is 19.1 Å². The molecule has 2 N–H and O–H groups in total. The van der Waals surface area contributed by atoms with E-state index in [0.29, 0.717) is 39.5 Å². The second kappa shape index (κ2) is 12.3. The fourth-order valence-corrected chi connectivity index (χ4v) is 6.38. The van der Waals surface area contributed by atoms with Crippen LogP contribution in [-0.4, -0.2) is 65.5 Å². The Hall–Kier alpha value is -4.19. The van der Waals surface area contributed by atoms with Crippen LogP contribution in [0, 0.1) is 25.7 Å². The number of aromatic nitrogens is 5. The summed E-state index contributed by atoms with van der Waals surface area (Å²) >= 11 is 3.36. The third-order valence-corrected chi connectivity index (χ3v) is 9.58. The van der Waals surface area contributed by atoms with Crippen LogP contribution >= 0.6 is 15.9 Å². The third-order valence-electron chi connectivity index (χ3n) is 9.14. The zero-order valence-electron chi connectivity index (χ0n) is 26.0. The van der Waals surface area contributed by atoms with Gasteiger partial charge in [0, 0.05) is 35.4 Å². The molecule has 1 unspecified atom stereocenters. The van der Waals surface area contributed by atoms with Crippen LogP contribution in [0.25, 0.3) is 22.0 Å². The average molecular weight is 674 g/mol. The number of likely N-dealkylation sites (tertiary alicyclic amines) is 1. The molecular formula is C33H37BrN8O3. The van der Waals surface area contributed by atoms with Crippen molar-refractivity contribution in [2.24, 2.45) is 11.8 Å². The number of halogens is 1. The van der Waals surface area contributed by atoms with Crippen molar-refractivity contribution in [3.63, 3.8) is 0 Å². The van der Waals surface area contributed by atoms with Crippen LogP contribution < -0.4 is 10.6 Å². The minimum atomic E-state index is -0.667. The second-order valence-electron chi connectivity index (χ2n) is 12.4. The van der Waals surface area contributed by atoms with Crippen molar-refractivity contribution < 1.29 is 14.4 Å². The molecule has 0 radical (unpaired) electrons. The number of aryl methyl sites for hydroxylation is 2. The van der Waals surface area contributed by atoms with Gasteiger partial charge in [-0.15, -0.1) is 0 Å². The number of hydrogen-bond donors (Lipinski definition) is 2. The summed E-state index contributed by atoms with van der Waals surface area (Å²) in [6.45, 7) is 9.60. The highest BCUT2D eigenvalue weighted by Gasteiger charge is 2.43. The van der Waals surface area contributed by atoms with E-state index in [-0.39, 0.29) is 48.0 Å². The molecule has 1 saturated heterocycles. The monoisotopic (exact) mass is 672 g/mol. The van der Waals surface area contributed by atoms with Crippen molar-refractivity contribution in [1.29, 1.82) is 0 Å². The molecule has 4 aromatic rings. The number of pyridine rings is 1. The van der Waals surface area contributed by atoms with Gasteiger partial charge in [0.25, 0.3) is 5.91 Å². The zero-order chi connectivity index (χ0) is 32.0. The first-order chi connectivity index (χ1) is 21.5. The zero-order valence-corrected chi connectivity index (χ0v) is 27.6. The molecule has 1 aromatic carbocycles. The number of amides is 3. The molecule has 12 heteroatoms. The minimum absolute atomic E-state index is 0.0302. The maximum absolute atomic E-state index is 14.0. The molecule has 0 bridgehead atoms. The summed E-state index contributed by atoms with van der Waals surface area (Å²) in [7, 11) is 0. The second-order valence-corrected chi connectivity index (χ2v) is 13.2. The van der Waals surface area contributed by atoms with Gasteiger partial charge < -0.3 is 15.5 Å². The van der Waals surface area contributed by atoms with E-state index >= 15 is 0 Å². The van der Waals surface area contributed by atoms with Crippen molar-refractivity contribution in [3.05, 3.63) is 64.4 Å². The first kappa shape index (κ1) is 30.8. The number of benzene rings is 1. The molecule has 2 fully saturated rings. The highest BCUT2D eigenvalue weighted by atomic mass is 79.9. The third kappa shape index (κ3) is 6.33. The quantitative estimate of drug-likeness (QED) is 0.250. The molecule has 11 nitrogen and oxygen atoms in total. The number of anilines is 1. The Morgan fingerprint density at radius 2 is 1.78 bits per heavy atom. The minimum Gasteiger partial charge on any atom is -0.348 e. The molecule has 3 amide bonds. The van der Waals surface area contributed by atoms with Gasteiger partial charge in [-0.05, 0) is 104 Å². The fraction of sp³-hybridized carbons (Fsp3) is 0.424. The van der Waals surface area contributed by atoms with E-state index in [2.05, 4.69) is 41.5 Å². The predicted molar refractivity (Wildman–Crippen MR) is 174 cm³/mol. The van der Waals surface area contributed by atoms with Crippen molar-refractivity contribution in [2.45, 2.75) is 78.6 Å². The number of carbonyl (C=O) groups is 3. The number of hydrogen-bond acceptors (Lipinski definition) is 7. The van der Waals surface area contributed by atoms with E-state index in [0.717, 1.165) is 29.5 Å². The molecule has 6 rings (SSSR count). The summed E-state index contributed by atoms with van der Waals surface area (Å²) in [6, 6.07) is 8.57. The Labute approximate surface area is 270 Å². The number of nitrogens with one attached hydrogen (secondary N) is 2. The maximum atomic E-state index is 14.0. The first-order valence-electron chi connectivity index (χ1n) is 15.4. The maximum Gasteiger partial charge on any atom is 0.272 e. The fourth-order valence-electron chi connectivity index (χ4n) is 6.07. The lowest BCUT2D eigenvalue weighted by Crippen LogP contribution is -2.47. The lowest BCUT2D eigenvalue weighted by molar-refractivity contribution is -0.139. The lowest BCUT2D eigenvalue weighted by atomic mass is 10.0. The molecule has 234 valence electrons. The Kier molecular flexibility index (Phi) is 8.43. The number of carbonyl (C=O) groups excluding carboxylic acids is 3. The number of nitrogens with zero attached hydrogens (tertiary/aromatic N) is 6. The van der Waals surface area contributed by atoms with E-state index in [1.165, 1.54) is 0 Å². The molecule has 1 saturated carbocycles. The van der Waals surface area contributed by atoms with E-state index < -0.39 is 6.04 Å². The first-order valence-corrected chi connectivity index (χ1v) is 16.1. The highest BCUT2D eigenvalue weighted by molar-refractivity contribution is 9.10. The lowest BCUT2D eigenvalue weighted by Gasteiger charge is -2.28. The molecule has 3 aromatic heterocycles. The van der Waals surface area contributed by atoms with Gasteiger partial charge >= 0.3 is 0 Å². The molecule has 2 aliphatic rings. The van der Waals surface area contributed by atoms with Crippen molar-refractivity contribution in [2.75, 3.05) is 5.32 Å². The summed E-state index contributed by atoms with van der Waals surface area (Å²) in [5, 5.41) is 11.4. The number of fused-ring (bicyclic) bond motifs is 1. The van der Waals surface area contributed by atoms with Gasteiger partial charge in [-0.2, -0.15) is 5.10 Å². The summed E-state index contributed by atoms with van der Waals surface area (Å²) in [4.78, 5) is 55.8. The molecule has 4 atom stereocenters. The van der Waals surface area contributed by atoms with Crippen molar-refractivity contribution in [3.8, 4) is 11.1 Å². The standard InChI is InChI=1S/C33H37BrN8O3/c1-17-6-11-28(34)38-31(17)39-32(44)27-12-18(2)20(4)42(27)29(43)16-41-26-10-9-23(24-14-35-21(5)36-15-24)13-25(26)30(40-41)33(45)37-19(3)22-7-8-22/h6,9-11,13-15,18-20,22,27H,7-8,12,16H2,1-5H3,(H,37,45)(H,38,39,44)/t18-,19?,20+,27-/m0/s1. The van der Waals surface area contributed by atoms with Crippen LogP contribution in [0.5, 0.6) is 0 Å². The van der Waals surface area contributed by atoms with Crippen molar-refractivity contribution >= 4 is 50.4 Å². The van der Waals surface area contributed by atoms with Crippen molar-refractivity contribution in [1.82, 2.24) is 34.9 Å². The largest absolute Gasteiger partial charge is 0.348 e. The molecular weight excluding hydrogens is 636 g/mol. The van der Waals surface area contributed by atoms with Crippen LogP contribution in [-0.2, 0) is 16.1 Å². The van der Waals surface area contributed by atoms with Crippen LogP contribution in [0.15, 0.2) is 47.3 Å². The molecule has 4 heterocycles. The van der Waals surface area contributed by atoms with E-state index in [4.69, 9.17) is 5.10 Å². The SMILES string of the molecule is Cc1ncc(-c2ccc3c(c2)c(C(=O)NC(C)C2CC2)nn3CC(=O)N2[C@H](C)[C@@H](C)C[C@H]2C(=O)Nc2nc(Br)ccc2C)cn1. The highest BCUT2D eigenvalue weighted by Crippen LogP contribution is 2.34. The summed E-state index contributed by atoms with van der Waals surface area (Å²) in [6.07, 6.45) is 6.22. The van der Waals surface area contributed by atoms with Gasteiger partial charge in [0.1, 0.15) is 28.8 Å². The predicted octanol–water partition coefficient (Wildman–Crippen LogP) is 5.06. The van der Waals surface area contributed by atoms with Crippen LogP contribution in [0.3, 0.4) is 0 Å². The molecule has 1 aliphatic heterocycles. The Morgan fingerprint density at radius 1 is 1.04 bits per heavy atom. The van der Waals surface area contributed by atoms with Gasteiger partial charge in [0.05, 0.1) is 5.52 Å². The van der Waals surface area contributed by atoms with E-state index in [1.807, 2.05) is 65.0 Å². The van der Waals surface area contributed by atoms with Gasteiger partial charge in [0.15, 0.2) is 5.69 Å². The molecule has 0 spiro atoms. The summed E-state index contributed by atoms with van der Waals surface area (Å²) in [5.41, 5.74) is 3.39. The number of rotatable bonds is 8. The molecule has 45 heavy (non-hydrogen) atoms. The smallest absolute Gasteiger partial charge is 0.272 e. The van der Waals surface area contributed by atoms with E-state index in [9.17, 15) is 14.4 Å². The van der Waals surface area contributed by atoms with Crippen LogP contribution in [0.4, 0.5) is 5.82 Å². The topological polar surface area (TPSA) is 135 Å². The molecule has 1 aliphatic carbocycles. The van der Waals surface area contributed by atoms with Crippen LogP contribution in [0.2, 0.25) is 0 Å². The van der Waals surface area contributed by atoms with E-state index in [1.54, 1.807) is 22.0 Å². The summed E-state index contributed by atoms with van der Waals surface area (Å²) < 4.78 is 2.19. The van der Waals surface area contributed by atoms with Gasteiger partial charge in [0.2, 0.25) is 11.8 Å².